The Balaban J connectivity index is 3.08. The standard InChI is InChI=1S/C10H22N2O2S/c1-12(2)10(14)4-5-11-6-9-15-8-3-7-13/h11,13H,3-9H2,1-2H3. The summed E-state index contributed by atoms with van der Waals surface area (Å²) >= 11 is 1.83. The molecule has 0 atom stereocenters. The van der Waals surface area contributed by atoms with Crippen LogP contribution in [0.3, 0.4) is 0 Å². The van der Waals surface area contributed by atoms with Gasteiger partial charge in [-0.3, -0.25) is 4.79 Å². The summed E-state index contributed by atoms with van der Waals surface area (Å²) in [5, 5.41) is 11.8. The minimum Gasteiger partial charge on any atom is -0.396 e. The zero-order valence-corrected chi connectivity index (χ0v) is 10.5. The lowest BCUT2D eigenvalue weighted by Crippen LogP contribution is -2.27. The molecule has 0 aromatic carbocycles. The minimum absolute atomic E-state index is 0.162. The quantitative estimate of drug-likeness (QED) is 0.558. The number of hydrogen-bond donors (Lipinski definition) is 2. The monoisotopic (exact) mass is 234 g/mol. The van der Waals surface area contributed by atoms with Gasteiger partial charge >= 0.3 is 0 Å². The van der Waals surface area contributed by atoms with E-state index in [-0.39, 0.29) is 12.5 Å². The topological polar surface area (TPSA) is 52.6 Å². The second kappa shape index (κ2) is 10.3. The first-order chi connectivity index (χ1) is 7.18. The number of nitrogens with one attached hydrogen (secondary N) is 1. The van der Waals surface area contributed by atoms with Gasteiger partial charge in [0.1, 0.15) is 0 Å². The van der Waals surface area contributed by atoms with E-state index in [9.17, 15) is 4.79 Å². The third kappa shape index (κ3) is 10.0. The predicted molar refractivity (Wildman–Crippen MR) is 65.2 cm³/mol. The Morgan fingerprint density at radius 2 is 2.07 bits per heavy atom. The highest BCUT2D eigenvalue weighted by Gasteiger charge is 2.01. The van der Waals surface area contributed by atoms with Crippen LogP contribution < -0.4 is 5.32 Å². The molecule has 0 radical (unpaired) electrons. The highest BCUT2D eigenvalue weighted by Crippen LogP contribution is 1.99. The molecule has 15 heavy (non-hydrogen) atoms. The SMILES string of the molecule is CN(C)C(=O)CCNCCSCCCO. The molecule has 2 N–H and O–H groups in total. The Kier molecular flexibility index (Phi) is 10.1. The number of rotatable bonds is 9. The van der Waals surface area contributed by atoms with Crippen LogP contribution >= 0.6 is 11.8 Å². The van der Waals surface area contributed by atoms with Gasteiger partial charge in [-0.1, -0.05) is 0 Å². The fraction of sp³-hybridized carbons (Fsp3) is 0.900. The third-order valence-electron chi connectivity index (χ3n) is 1.88. The number of carbonyl (C=O) groups is 1. The van der Waals surface area contributed by atoms with Crippen LogP contribution in [0.5, 0.6) is 0 Å². The first kappa shape index (κ1) is 14.7. The Labute approximate surface area is 96.4 Å². The summed E-state index contributed by atoms with van der Waals surface area (Å²) in [4.78, 5) is 12.8. The summed E-state index contributed by atoms with van der Waals surface area (Å²) in [5.41, 5.74) is 0. The Morgan fingerprint density at radius 3 is 2.67 bits per heavy atom. The van der Waals surface area contributed by atoms with E-state index in [1.807, 2.05) is 11.8 Å². The lowest BCUT2D eigenvalue weighted by Gasteiger charge is -2.10. The first-order valence-corrected chi connectivity index (χ1v) is 6.43. The van der Waals surface area contributed by atoms with Crippen LogP contribution in [0, 0.1) is 0 Å². The van der Waals surface area contributed by atoms with E-state index >= 15 is 0 Å². The van der Waals surface area contributed by atoms with Gasteiger partial charge in [-0.2, -0.15) is 11.8 Å². The van der Waals surface area contributed by atoms with Crippen LogP contribution in [0.25, 0.3) is 0 Å². The van der Waals surface area contributed by atoms with Crippen molar-refractivity contribution in [3.63, 3.8) is 0 Å². The van der Waals surface area contributed by atoms with Crippen molar-refractivity contribution >= 4 is 17.7 Å². The molecule has 0 heterocycles. The number of aliphatic hydroxyl groups excluding tert-OH is 1. The van der Waals surface area contributed by atoms with E-state index in [0.29, 0.717) is 6.42 Å². The van der Waals surface area contributed by atoms with Crippen molar-refractivity contribution in [1.82, 2.24) is 10.2 Å². The molecule has 0 aliphatic heterocycles. The molecule has 0 unspecified atom stereocenters. The van der Waals surface area contributed by atoms with Crippen molar-refractivity contribution in [2.75, 3.05) is 45.3 Å². The Hall–Kier alpha value is -0.260. The van der Waals surface area contributed by atoms with Crippen molar-refractivity contribution in [2.45, 2.75) is 12.8 Å². The van der Waals surface area contributed by atoms with Crippen molar-refractivity contribution in [2.24, 2.45) is 0 Å². The summed E-state index contributed by atoms with van der Waals surface area (Å²) in [6.07, 6.45) is 1.43. The molecule has 0 rings (SSSR count). The maximum Gasteiger partial charge on any atom is 0.223 e. The van der Waals surface area contributed by atoms with Gasteiger partial charge in [-0.05, 0) is 12.2 Å². The van der Waals surface area contributed by atoms with E-state index in [1.165, 1.54) is 0 Å². The van der Waals surface area contributed by atoms with Crippen LogP contribution in [0.1, 0.15) is 12.8 Å². The molecule has 0 saturated heterocycles. The number of nitrogens with zero attached hydrogens (tertiary/aromatic N) is 1. The van der Waals surface area contributed by atoms with Crippen LogP contribution in [-0.4, -0.2) is 61.2 Å². The summed E-state index contributed by atoms with van der Waals surface area (Å²) in [6, 6.07) is 0. The molecule has 4 nitrogen and oxygen atoms in total. The third-order valence-corrected chi connectivity index (χ3v) is 2.95. The average molecular weight is 234 g/mol. The number of carbonyl (C=O) groups excluding carboxylic acids is 1. The van der Waals surface area contributed by atoms with Crippen LogP contribution in [0.15, 0.2) is 0 Å². The molecular formula is C10H22N2O2S. The van der Waals surface area contributed by atoms with E-state index in [2.05, 4.69) is 5.32 Å². The predicted octanol–water partition coefficient (Wildman–Crippen LogP) is 0.170. The number of thioether (sulfide) groups is 1. The fourth-order valence-corrected chi connectivity index (χ4v) is 1.78. The van der Waals surface area contributed by atoms with Gasteiger partial charge in [0.25, 0.3) is 0 Å². The Bertz CT molecular complexity index is 166. The zero-order chi connectivity index (χ0) is 11.5. The summed E-state index contributed by atoms with van der Waals surface area (Å²) in [5.74, 6) is 2.21. The second-order valence-electron chi connectivity index (χ2n) is 3.48. The summed E-state index contributed by atoms with van der Waals surface area (Å²) < 4.78 is 0. The molecule has 0 bridgehead atoms. The summed E-state index contributed by atoms with van der Waals surface area (Å²) in [6.45, 7) is 1.95. The van der Waals surface area contributed by atoms with Crippen molar-refractivity contribution in [1.29, 1.82) is 0 Å². The van der Waals surface area contributed by atoms with Gasteiger partial charge in [0.15, 0.2) is 0 Å². The van der Waals surface area contributed by atoms with Gasteiger partial charge < -0.3 is 15.3 Å². The van der Waals surface area contributed by atoms with Gasteiger partial charge in [0.05, 0.1) is 0 Å². The second-order valence-corrected chi connectivity index (χ2v) is 4.70. The smallest absolute Gasteiger partial charge is 0.223 e. The van der Waals surface area contributed by atoms with E-state index < -0.39 is 0 Å². The van der Waals surface area contributed by atoms with Gasteiger partial charge in [-0.25, -0.2) is 0 Å². The highest BCUT2D eigenvalue weighted by molar-refractivity contribution is 7.99. The van der Waals surface area contributed by atoms with Crippen LogP contribution in [-0.2, 0) is 4.79 Å². The van der Waals surface area contributed by atoms with Crippen LogP contribution in [0.2, 0.25) is 0 Å². The van der Waals surface area contributed by atoms with Gasteiger partial charge in [0, 0.05) is 46.0 Å². The Morgan fingerprint density at radius 1 is 1.33 bits per heavy atom. The maximum atomic E-state index is 11.2. The molecule has 0 aliphatic rings. The molecule has 90 valence electrons. The molecule has 0 saturated carbocycles. The summed E-state index contributed by atoms with van der Waals surface area (Å²) in [7, 11) is 3.54. The van der Waals surface area contributed by atoms with Crippen molar-refractivity contribution in [3.05, 3.63) is 0 Å². The van der Waals surface area contributed by atoms with Gasteiger partial charge in [-0.15, -0.1) is 0 Å². The number of hydrogen-bond acceptors (Lipinski definition) is 4. The molecule has 0 aromatic rings. The molecule has 0 aromatic heterocycles. The molecular weight excluding hydrogens is 212 g/mol. The minimum atomic E-state index is 0.162. The first-order valence-electron chi connectivity index (χ1n) is 5.28. The normalized spacial score (nSPS) is 10.3. The van der Waals surface area contributed by atoms with E-state index in [4.69, 9.17) is 5.11 Å². The lowest BCUT2D eigenvalue weighted by molar-refractivity contribution is -0.128. The molecule has 1 amide bonds. The van der Waals surface area contributed by atoms with E-state index in [1.54, 1.807) is 19.0 Å². The van der Waals surface area contributed by atoms with Crippen molar-refractivity contribution in [3.8, 4) is 0 Å². The molecule has 0 fully saturated rings. The number of amides is 1. The van der Waals surface area contributed by atoms with Crippen LogP contribution in [0.4, 0.5) is 0 Å². The molecule has 5 heteroatoms. The molecule has 0 spiro atoms. The molecule has 0 aliphatic carbocycles. The van der Waals surface area contributed by atoms with Gasteiger partial charge in [0.2, 0.25) is 5.91 Å². The maximum absolute atomic E-state index is 11.2. The number of aliphatic hydroxyl groups is 1. The average Bonchev–Trinajstić information content (AvgIpc) is 2.21. The fourth-order valence-electron chi connectivity index (χ4n) is 0.957. The zero-order valence-electron chi connectivity index (χ0n) is 9.66. The largest absolute Gasteiger partial charge is 0.396 e. The lowest BCUT2D eigenvalue weighted by atomic mass is 10.4. The van der Waals surface area contributed by atoms with E-state index in [0.717, 1.165) is 31.0 Å². The van der Waals surface area contributed by atoms with Crippen molar-refractivity contribution < 1.29 is 9.90 Å². The highest BCUT2D eigenvalue weighted by atomic mass is 32.2.